The lowest BCUT2D eigenvalue weighted by Gasteiger charge is -2.31. The van der Waals surface area contributed by atoms with Crippen molar-refractivity contribution in [2.75, 3.05) is 26.7 Å². The summed E-state index contributed by atoms with van der Waals surface area (Å²) in [6.45, 7) is 6.96. The molecule has 1 aliphatic carbocycles. The fourth-order valence-corrected chi connectivity index (χ4v) is 3.30. The predicted molar refractivity (Wildman–Crippen MR) is 86.3 cm³/mol. The minimum absolute atomic E-state index is 0.244. The Bertz CT molecular complexity index is 388. The highest BCUT2D eigenvalue weighted by Gasteiger charge is 2.29. The standard InChI is InChI=1S/C16H30N4O/c1-4-17-15(18-12-16(2)9-5-6-10-16)19-13-7-8-14(21)20(3)11-13/h13H,4-12H2,1-3H3,(H2,17,18,19). The quantitative estimate of drug-likeness (QED) is 0.613. The summed E-state index contributed by atoms with van der Waals surface area (Å²) < 4.78 is 0. The van der Waals surface area contributed by atoms with Gasteiger partial charge < -0.3 is 15.5 Å². The van der Waals surface area contributed by atoms with Crippen molar-refractivity contribution in [3.63, 3.8) is 0 Å². The van der Waals surface area contributed by atoms with E-state index in [1.807, 2.05) is 11.9 Å². The summed E-state index contributed by atoms with van der Waals surface area (Å²) in [5, 5.41) is 6.83. The van der Waals surface area contributed by atoms with Gasteiger partial charge in [0.2, 0.25) is 5.91 Å². The molecule has 1 unspecified atom stereocenters. The maximum Gasteiger partial charge on any atom is 0.222 e. The summed E-state index contributed by atoms with van der Waals surface area (Å²) in [6.07, 6.45) is 6.78. The second-order valence-electron chi connectivity index (χ2n) is 6.87. The Kier molecular flexibility index (Phi) is 5.48. The van der Waals surface area contributed by atoms with Gasteiger partial charge in [0.1, 0.15) is 0 Å². The smallest absolute Gasteiger partial charge is 0.222 e. The molecule has 5 nitrogen and oxygen atoms in total. The fraction of sp³-hybridized carbons (Fsp3) is 0.875. The molecule has 120 valence electrons. The Labute approximate surface area is 128 Å². The van der Waals surface area contributed by atoms with E-state index in [2.05, 4.69) is 24.5 Å². The zero-order valence-corrected chi connectivity index (χ0v) is 13.7. The Morgan fingerprint density at radius 3 is 2.76 bits per heavy atom. The summed E-state index contributed by atoms with van der Waals surface area (Å²) in [6, 6.07) is 0.307. The lowest BCUT2D eigenvalue weighted by molar-refractivity contribution is -0.132. The van der Waals surface area contributed by atoms with E-state index < -0.39 is 0 Å². The molecule has 1 aliphatic heterocycles. The molecule has 0 aromatic carbocycles. The fourth-order valence-electron chi connectivity index (χ4n) is 3.30. The third-order valence-electron chi connectivity index (χ3n) is 4.74. The van der Waals surface area contributed by atoms with Gasteiger partial charge in [0, 0.05) is 39.1 Å². The summed E-state index contributed by atoms with van der Waals surface area (Å²) >= 11 is 0. The van der Waals surface area contributed by atoms with E-state index in [0.29, 0.717) is 17.9 Å². The number of piperidine rings is 1. The third kappa shape index (κ3) is 4.61. The SMILES string of the molecule is CCNC(=NCC1(C)CCCC1)NC1CCC(=O)N(C)C1. The molecule has 0 radical (unpaired) electrons. The van der Waals surface area contributed by atoms with E-state index in [1.54, 1.807) is 0 Å². The molecule has 1 atom stereocenters. The van der Waals surface area contributed by atoms with Crippen molar-refractivity contribution in [1.82, 2.24) is 15.5 Å². The van der Waals surface area contributed by atoms with E-state index in [1.165, 1.54) is 25.7 Å². The lowest BCUT2D eigenvalue weighted by Crippen LogP contribution is -2.51. The first-order valence-electron chi connectivity index (χ1n) is 8.31. The molecule has 0 aromatic rings. The average Bonchev–Trinajstić information content (AvgIpc) is 2.88. The van der Waals surface area contributed by atoms with Gasteiger partial charge in [-0.05, 0) is 31.6 Å². The number of likely N-dealkylation sites (N-methyl/N-ethyl adjacent to an activating group) is 1. The van der Waals surface area contributed by atoms with Gasteiger partial charge in [0.15, 0.2) is 5.96 Å². The van der Waals surface area contributed by atoms with Crippen molar-refractivity contribution < 1.29 is 4.79 Å². The highest BCUT2D eigenvalue weighted by molar-refractivity contribution is 5.81. The first-order valence-corrected chi connectivity index (χ1v) is 8.31. The third-order valence-corrected chi connectivity index (χ3v) is 4.74. The van der Waals surface area contributed by atoms with Crippen molar-refractivity contribution in [2.45, 2.75) is 58.4 Å². The average molecular weight is 294 g/mol. The number of hydrogen-bond donors (Lipinski definition) is 2. The Morgan fingerprint density at radius 1 is 1.43 bits per heavy atom. The Balaban J connectivity index is 1.90. The van der Waals surface area contributed by atoms with E-state index in [4.69, 9.17) is 4.99 Å². The molecule has 0 spiro atoms. The molecule has 21 heavy (non-hydrogen) atoms. The molecule has 2 rings (SSSR count). The molecular formula is C16H30N4O. The second-order valence-corrected chi connectivity index (χ2v) is 6.87. The van der Waals surface area contributed by atoms with E-state index >= 15 is 0 Å². The lowest BCUT2D eigenvalue weighted by atomic mass is 9.89. The number of likely N-dealkylation sites (tertiary alicyclic amines) is 1. The highest BCUT2D eigenvalue weighted by atomic mass is 16.2. The van der Waals surface area contributed by atoms with Gasteiger partial charge in [-0.3, -0.25) is 9.79 Å². The number of guanidine groups is 1. The zero-order chi connectivity index (χ0) is 15.3. The van der Waals surface area contributed by atoms with E-state index in [-0.39, 0.29) is 5.91 Å². The molecule has 1 saturated heterocycles. The molecule has 1 heterocycles. The molecule has 0 aromatic heterocycles. The number of hydrogen-bond acceptors (Lipinski definition) is 2. The van der Waals surface area contributed by atoms with Crippen molar-refractivity contribution >= 4 is 11.9 Å². The van der Waals surface area contributed by atoms with Crippen LogP contribution < -0.4 is 10.6 Å². The number of carbonyl (C=O) groups excluding carboxylic acids is 1. The van der Waals surface area contributed by atoms with Crippen molar-refractivity contribution in [1.29, 1.82) is 0 Å². The first-order chi connectivity index (χ1) is 10.0. The molecule has 5 heteroatoms. The zero-order valence-electron chi connectivity index (χ0n) is 13.7. The maximum atomic E-state index is 11.5. The van der Waals surface area contributed by atoms with Crippen LogP contribution in [0.25, 0.3) is 0 Å². The van der Waals surface area contributed by atoms with Crippen LogP contribution in [-0.2, 0) is 4.79 Å². The van der Waals surface area contributed by atoms with Gasteiger partial charge in [-0.2, -0.15) is 0 Å². The number of rotatable bonds is 4. The number of nitrogens with zero attached hydrogens (tertiary/aromatic N) is 2. The summed E-state index contributed by atoms with van der Waals surface area (Å²) in [7, 11) is 1.87. The van der Waals surface area contributed by atoms with Crippen molar-refractivity contribution in [2.24, 2.45) is 10.4 Å². The van der Waals surface area contributed by atoms with E-state index in [9.17, 15) is 4.79 Å². The largest absolute Gasteiger partial charge is 0.357 e. The van der Waals surface area contributed by atoms with Crippen LogP contribution >= 0.6 is 0 Å². The van der Waals surface area contributed by atoms with Gasteiger partial charge in [-0.15, -0.1) is 0 Å². The maximum absolute atomic E-state index is 11.5. The van der Waals surface area contributed by atoms with Crippen LogP contribution in [0.2, 0.25) is 0 Å². The van der Waals surface area contributed by atoms with Gasteiger partial charge >= 0.3 is 0 Å². The van der Waals surface area contributed by atoms with Gasteiger partial charge in [-0.1, -0.05) is 19.8 Å². The molecule has 2 fully saturated rings. The van der Waals surface area contributed by atoms with Crippen LogP contribution in [0.5, 0.6) is 0 Å². The number of amides is 1. The number of nitrogens with one attached hydrogen (secondary N) is 2. The van der Waals surface area contributed by atoms with Crippen LogP contribution in [-0.4, -0.2) is 49.5 Å². The predicted octanol–water partition coefficient (Wildman–Crippen LogP) is 1.74. The Hall–Kier alpha value is -1.26. The molecule has 0 bridgehead atoms. The Morgan fingerprint density at radius 2 is 2.14 bits per heavy atom. The van der Waals surface area contributed by atoms with Crippen LogP contribution in [0.15, 0.2) is 4.99 Å². The molecule has 2 N–H and O–H groups in total. The van der Waals surface area contributed by atoms with E-state index in [0.717, 1.165) is 32.0 Å². The monoisotopic (exact) mass is 294 g/mol. The minimum Gasteiger partial charge on any atom is -0.357 e. The highest BCUT2D eigenvalue weighted by Crippen LogP contribution is 2.37. The second kappa shape index (κ2) is 7.14. The molecule has 2 aliphatic rings. The van der Waals surface area contributed by atoms with Crippen LogP contribution in [0, 0.1) is 5.41 Å². The van der Waals surface area contributed by atoms with Crippen LogP contribution in [0.3, 0.4) is 0 Å². The summed E-state index contributed by atoms with van der Waals surface area (Å²) in [5.74, 6) is 1.15. The molecule has 1 saturated carbocycles. The topological polar surface area (TPSA) is 56.7 Å². The minimum atomic E-state index is 0.244. The summed E-state index contributed by atoms with van der Waals surface area (Å²) in [5.41, 5.74) is 0.377. The first kappa shape index (κ1) is 16.1. The van der Waals surface area contributed by atoms with Gasteiger partial charge in [0.25, 0.3) is 0 Å². The number of carbonyl (C=O) groups is 1. The molecule has 1 amide bonds. The van der Waals surface area contributed by atoms with Crippen molar-refractivity contribution in [3.8, 4) is 0 Å². The normalized spacial score (nSPS) is 26.0. The van der Waals surface area contributed by atoms with Crippen LogP contribution in [0.4, 0.5) is 0 Å². The van der Waals surface area contributed by atoms with Gasteiger partial charge in [-0.25, -0.2) is 0 Å². The summed E-state index contributed by atoms with van der Waals surface area (Å²) in [4.78, 5) is 18.2. The number of aliphatic imine (C=N–C) groups is 1. The molecular weight excluding hydrogens is 264 g/mol. The van der Waals surface area contributed by atoms with Gasteiger partial charge in [0.05, 0.1) is 0 Å². The van der Waals surface area contributed by atoms with Crippen molar-refractivity contribution in [3.05, 3.63) is 0 Å². The van der Waals surface area contributed by atoms with Crippen LogP contribution in [0.1, 0.15) is 52.4 Å².